The maximum Gasteiger partial charge on any atom is 0.301 e. The molecular weight excluding hydrogens is 382 g/mol. The molecule has 7 nitrogen and oxygen atoms in total. The summed E-state index contributed by atoms with van der Waals surface area (Å²) in [7, 11) is 1.48. The van der Waals surface area contributed by atoms with Crippen molar-refractivity contribution >= 4 is 28.8 Å². The lowest BCUT2D eigenvalue weighted by atomic mass is 10.0. The van der Waals surface area contributed by atoms with Gasteiger partial charge in [-0.25, -0.2) is 4.90 Å². The molecule has 1 N–H and O–H groups in total. The molecule has 7 heteroatoms. The Hall–Kier alpha value is -3.32. The Morgan fingerprint density at radius 3 is 2.17 bits per heavy atom. The SMILES string of the molecule is CCN1CCN(c2ccc(N3C(=O)C(O)=C(c4ccccc4OC)C3=O)cc2)CC1. The third-order valence-corrected chi connectivity index (χ3v) is 5.73. The maximum absolute atomic E-state index is 13.1. The molecule has 1 saturated heterocycles. The Morgan fingerprint density at radius 2 is 1.53 bits per heavy atom. The molecule has 2 aromatic carbocycles. The van der Waals surface area contributed by atoms with E-state index in [1.807, 2.05) is 12.1 Å². The molecule has 156 valence electrons. The number of amides is 2. The van der Waals surface area contributed by atoms with Gasteiger partial charge in [0.15, 0.2) is 5.76 Å². The second-order valence-electron chi connectivity index (χ2n) is 7.31. The summed E-state index contributed by atoms with van der Waals surface area (Å²) in [4.78, 5) is 31.5. The van der Waals surface area contributed by atoms with Gasteiger partial charge >= 0.3 is 5.91 Å². The molecule has 4 rings (SSSR count). The van der Waals surface area contributed by atoms with E-state index in [-0.39, 0.29) is 5.57 Å². The second kappa shape index (κ2) is 8.20. The van der Waals surface area contributed by atoms with Gasteiger partial charge in [0.05, 0.1) is 18.4 Å². The number of nitrogens with zero attached hydrogens (tertiary/aromatic N) is 3. The number of imide groups is 1. The third-order valence-electron chi connectivity index (χ3n) is 5.73. The lowest BCUT2D eigenvalue weighted by Gasteiger charge is -2.35. The average Bonchev–Trinajstić information content (AvgIpc) is 3.02. The fourth-order valence-corrected chi connectivity index (χ4v) is 3.98. The molecule has 0 unspecified atom stereocenters. The first-order valence-corrected chi connectivity index (χ1v) is 10.1. The molecule has 0 bridgehead atoms. The van der Waals surface area contributed by atoms with Crippen LogP contribution >= 0.6 is 0 Å². The van der Waals surface area contributed by atoms with Gasteiger partial charge in [0.1, 0.15) is 5.75 Å². The number of benzene rings is 2. The molecule has 30 heavy (non-hydrogen) atoms. The van der Waals surface area contributed by atoms with Gasteiger partial charge in [-0.05, 0) is 36.9 Å². The highest BCUT2D eigenvalue weighted by Crippen LogP contribution is 2.36. The molecule has 0 spiro atoms. The number of carbonyl (C=O) groups excluding carboxylic acids is 2. The molecule has 2 amide bonds. The van der Waals surface area contributed by atoms with E-state index in [0.717, 1.165) is 43.3 Å². The van der Waals surface area contributed by atoms with Crippen molar-refractivity contribution in [3.8, 4) is 5.75 Å². The first-order valence-electron chi connectivity index (χ1n) is 10.1. The molecule has 2 aliphatic heterocycles. The zero-order valence-corrected chi connectivity index (χ0v) is 17.2. The van der Waals surface area contributed by atoms with Gasteiger partial charge in [-0.1, -0.05) is 25.1 Å². The Kier molecular flexibility index (Phi) is 5.46. The van der Waals surface area contributed by atoms with Crippen molar-refractivity contribution in [2.75, 3.05) is 49.6 Å². The molecule has 2 aromatic rings. The first-order chi connectivity index (χ1) is 14.5. The fourth-order valence-electron chi connectivity index (χ4n) is 3.98. The van der Waals surface area contributed by atoms with E-state index in [1.54, 1.807) is 36.4 Å². The van der Waals surface area contributed by atoms with Crippen LogP contribution in [0.5, 0.6) is 5.75 Å². The lowest BCUT2D eigenvalue weighted by molar-refractivity contribution is -0.121. The minimum Gasteiger partial charge on any atom is -0.502 e. The molecule has 2 heterocycles. The number of hydrogen-bond donors (Lipinski definition) is 1. The number of likely N-dealkylation sites (N-methyl/N-ethyl adjacent to an activating group) is 1. The number of aliphatic hydroxyl groups is 1. The number of methoxy groups -OCH3 is 1. The van der Waals surface area contributed by atoms with Crippen LogP contribution in [0, 0.1) is 0 Å². The highest BCUT2D eigenvalue weighted by atomic mass is 16.5. The first kappa shape index (κ1) is 20.0. The van der Waals surface area contributed by atoms with Gasteiger partial charge < -0.3 is 19.6 Å². The largest absolute Gasteiger partial charge is 0.502 e. The summed E-state index contributed by atoms with van der Waals surface area (Å²) < 4.78 is 5.29. The van der Waals surface area contributed by atoms with Crippen molar-refractivity contribution in [3.05, 3.63) is 59.9 Å². The van der Waals surface area contributed by atoms with Crippen LogP contribution < -0.4 is 14.5 Å². The number of rotatable bonds is 5. The van der Waals surface area contributed by atoms with Gasteiger partial charge in [-0.3, -0.25) is 9.59 Å². The molecule has 2 aliphatic rings. The van der Waals surface area contributed by atoms with Gasteiger partial charge in [0.25, 0.3) is 5.91 Å². The minimum atomic E-state index is -0.731. The van der Waals surface area contributed by atoms with Crippen LogP contribution in [-0.4, -0.2) is 61.7 Å². The van der Waals surface area contributed by atoms with E-state index in [1.165, 1.54) is 7.11 Å². The van der Waals surface area contributed by atoms with Crippen LogP contribution in [-0.2, 0) is 9.59 Å². The van der Waals surface area contributed by atoms with E-state index < -0.39 is 17.6 Å². The zero-order valence-electron chi connectivity index (χ0n) is 17.2. The van der Waals surface area contributed by atoms with Crippen LogP contribution in [0.1, 0.15) is 12.5 Å². The number of piperazine rings is 1. The summed E-state index contributed by atoms with van der Waals surface area (Å²) in [5, 5.41) is 10.4. The van der Waals surface area contributed by atoms with E-state index >= 15 is 0 Å². The lowest BCUT2D eigenvalue weighted by Crippen LogP contribution is -2.46. The Bertz CT molecular complexity index is 992. The number of ether oxygens (including phenoxy) is 1. The van der Waals surface area contributed by atoms with Crippen LogP contribution in [0.15, 0.2) is 54.3 Å². The summed E-state index contributed by atoms with van der Waals surface area (Å²) in [5.41, 5.74) is 1.83. The summed E-state index contributed by atoms with van der Waals surface area (Å²) in [6, 6.07) is 14.1. The van der Waals surface area contributed by atoms with Gasteiger partial charge in [-0.15, -0.1) is 0 Å². The van der Waals surface area contributed by atoms with Crippen LogP contribution in [0.2, 0.25) is 0 Å². The quantitative estimate of drug-likeness (QED) is 0.769. The van der Waals surface area contributed by atoms with Crippen LogP contribution in [0.4, 0.5) is 11.4 Å². The van der Waals surface area contributed by atoms with Crippen LogP contribution in [0.3, 0.4) is 0 Å². The summed E-state index contributed by atoms with van der Waals surface area (Å²) in [5.74, 6) is -1.44. The molecular formula is C23H25N3O4. The van der Waals surface area contributed by atoms with E-state index in [2.05, 4.69) is 16.7 Å². The predicted molar refractivity (Wildman–Crippen MR) is 116 cm³/mol. The topological polar surface area (TPSA) is 73.3 Å². The molecule has 1 fully saturated rings. The van der Waals surface area contributed by atoms with Gasteiger partial charge in [0.2, 0.25) is 0 Å². The zero-order chi connectivity index (χ0) is 21.3. The number of para-hydroxylation sites is 1. The van der Waals surface area contributed by atoms with E-state index in [9.17, 15) is 14.7 Å². The van der Waals surface area contributed by atoms with E-state index in [0.29, 0.717) is 17.0 Å². The highest BCUT2D eigenvalue weighted by molar-refractivity contribution is 6.45. The number of hydrogen-bond acceptors (Lipinski definition) is 6. The smallest absolute Gasteiger partial charge is 0.301 e. The van der Waals surface area contributed by atoms with Crippen molar-refractivity contribution in [1.29, 1.82) is 0 Å². The highest BCUT2D eigenvalue weighted by Gasteiger charge is 2.41. The van der Waals surface area contributed by atoms with Crippen molar-refractivity contribution in [2.45, 2.75) is 6.92 Å². The standard InChI is InChI=1S/C23H25N3O4/c1-3-24-12-14-25(15-13-24)16-8-10-17(11-9-16)26-22(28)20(21(27)23(26)29)18-6-4-5-7-19(18)30-2/h4-11,27H,3,12-15H2,1-2H3. The Labute approximate surface area is 175 Å². The maximum atomic E-state index is 13.1. The fraction of sp³-hybridized carbons (Fsp3) is 0.304. The number of carbonyl (C=O) groups is 2. The van der Waals surface area contributed by atoms with Gasteiger partial charge in [0, 0.05) is 37.4 Å². The van der Waals surface area contributed by atoms with Crippen LogP contribution in [0.25, 0.3) is 5.57 Å². The second-order valence-corrected chi connectivity index (χ2v) is 7.31. The summed E-state index contributed by atoms with van der Waals surface area (Å²) >= 11 is 0. The summed E-state index contributed by atoms with van der Waals surface area (Å²) in [6.45, 7) is 7.13. The Balaban J connectivity index is 1.57. The molecule has 0 aromatic heterocycles. The molecule has 0 saturated carbocycles. The van der Waals surface area contributed by atoms with Crippen molar-refractivity contribution in [2.24, 2.45) is 0 Å². The summed E-state index contributed by atoms with van der Waals surface area (Å²) in [6.07, 6.45) is 0. The minimum absolute atomic E-state index is 0.0442. The monoisotopic (exact) mass is 407 g/mol. The van der Waals surface area contributed by atoms with Crippen molar-refractivity contribution in [1.82, 2.24) is 4.90 Å². The number of anilines is 2. The predicted octanol–water partition coefficient (Wildman–Crippen LogP) is 2.68. The van der Waals surface area contributed by atoms with Crippen molar-refractivity contribution < 1.29 is 19.4 Å². The van der Waals surface area contributed by atoms with Crippen molar-refractivity contribution in [3.63, 3.8) is 0 Å². The number of aliphatic hydroxyl groups excluding tert-OH is 1. The van der Waals surface area contributed by atoms with E-state index in [4.69, 9.17) is 4.74 Å². The average molecular weight is 407 g/mol. The van der Waals surface area contributed by atoms with Gasteiger partial charge in [-0.2, -0.15) is 0 Å². The Morgan fingerprint density at radius 1 is 0.900 bits per heavy atom. The molecule has 0 atom stereocenters. The third kappa shape index (κ3) is 3.41. The molecule has 0 aliphatic carbocycles. The molecule has 0 radical (unpaired) electrons. The normalized spacial score (nSPS) is 17.8.